The number of piperidine rings is 1. The number of furan rings is 1. The van der Waals surface area contributed by atoms with Crippen LogP contribution in [0.1, 0.15) is 39.9 Å². The Morgan fingerprint density at radius 3 is 3.13 bits per heavy atom. The Kier molecular flexibility index (Phi) is 3.65. The number of rotatable bonds is 2. The summed E-state index contributed by atoms with van der Waals surface area (Å²) in [7, 11) is 0. The average molecular weight is 326 g/mol. The fraction of sp³-hybridized carbons (Fsp3) is 0.333. The molecule has 1 aliphatic heterocycles. The van der Waals surface area contributed by atoms with Gasteiger partial charge in [0.1, 0.15) is 11.3 Å². The van der Waals surface area contributed by atoms with Crippen LogP contribution < -0.4 is 0 Å². The number of nitrogens with zero attached hydrogens (tertiary/aromatic N) is 2. The molecule has 1 fully saturated rings. The third kappa shape index (κ3) is 2.77. The Labute approximate surface area is 138 Å². The third-order valence-electron chi connectivity index (χ3n) is 4.40. The summed E-state index contributed by atoms with van der Waals surface area (Å²) in [6.07, 6.45) is 3.98. The Balaban J connectivity index is 1.57. The second kappa shape index (κ2) is 5.81. The van der Waals surface area contributed by atoms with Gasteiger partial charge in [0.2, 0.25) is 0 Å². The first-order valence-corrected chi connectivity index (χ1v) is 8.77. The number of hydrogen-bond acceptors (Lipinski definition) is 4. The van der Waals surface area contributed by atoms with Crippen molar-refractivity contribution < 1.29 is 9.21 Å². The number of likely N-dealkylation sites (tertiary alicyclic amines) is 1. The first-order valence-electron chi connectivity index (χ1n) is 7.89. The second-order valence-corrected chi connectivity index (χ2v) is 7.00. The minimum Gasteiger partial charge on any atom is -0.461 e. The molecule has 1 aliphatic rings. The molecule has 0 radical (unpaired) electrons. The van der Waals surface area contributed by atoms with Crippen molar-refractivity contribution in [1.82, 2.24) is 9.88 Å². The van der Waals surface area contributed by atoms with Crippen LogP contribution in [-0.4, -0.2) is 28.9 Å². The molecule has 4 nitrogen and oxygen atoms in total. The molecule has 1 atom stereocenters. The quantitative estimate of drug-likeness (QED) is 0.708. The number of hydrogen-bond donors (Lipinski definition) is 0. The molecule has 118 valence electrons. The Bertz CT molecular complexity index is 838. The Hall–Kier alpha value is -2.14. The molecule has 2 aromatic heterocycles. The first kappa shape index (κ1) is 14.5. The molecule has 5 heteroatoms. The van der Waals surface area contributed by atoms with Crippen LogP contribution in [0.15, 0.2) is 40.3 Å². The van der Waals surface area contributed by atoms with Gasteiger partial charge in [-0.05, 0) is 44.0 Å². The highest BCUT2D eigenvalue weighted by molar-refractivity contribution is 7.09. The largest absolute Gasteiger partial charge is 0.461 e. The van der Waals surface area contributed by atoms with Crippen molar-refractivity contribution in [2.75, 3.05) is 13.1 Å². The molecular formula is C18H18N2O2S. The minimum absolute atomic E-state index is 0.104. The maximum atomic E-state index is 12.8. The summed E-state index contributed by atoms with van der Waals surface area (Å²) in [5.74, 6) is 1.34. The normalized spacial score (nSPS) is 18.5. The summed E-state index contributed by atoms with van der Waals surface area (Å²) >= 11 is 1.68. The van der Waals surface area contributed by atoms with Crippen LogP contribution in [0.4, 0.5) is 0 Å². The van der Waals surface area contributed by atoms with Crippen molar-refractivity contribution >= 4 is 28.2 Å². The van der Waals surface area contributed by atoms with Crippen LogP contribution >= 0.6 is 11.3 Å². The average Bonchev–Trinajstić information content (AvgIpc) is 3.22. The zero-order valence-corrected chi connectivity index (χ0v) is 13.8. The zero-order valence-electron chi connectivity index (χ0n) is 13.0. The van der Waals surface area contributed by atoms with E-state index in [1.807, 2.05) is 47.7 Å². The highest BCUT2D eigenvalue weighted by atomic mass is 32.1. The predicted molar refractivity (Wildman–Crippen MR) is 90.9 cm³/mol. The SMILES string of the molecule is Cc1cc2cc(C(=O)N3CCCC(c4nccs4)C3)ccc2o1. The third-order valence-corrected chi connectivity index (χ3v) is 5.33. The molecule has 0 aliphatic carbocycles. The molecule has 23 heavy (non-hydrogen) atoms. The van der Waals surface area contributed by atoms with Gasteiger partial charge in [-0.1, -0.05) is 0 Å². The van der Waals surface area contributed by atoms with Gasteiger partial charge in [-0.25, -0.2) is 4.98 Å². The van der Waals surface area contributed by atoms with Gasteiger partial charge < -0.3 is 9.32 Å². The number of amides is 1. The summed E-state index contributed by atoms with van der Waals surface area (Å²) in [6.45, 7) is 3.50. The van der Waals surface area contributed by atoms with E-state index in [1.54, 1.807) is 11.3 Å². The monoisotopic (exact) mass is 326 g/mol. The lowest BCUT2D eigenvalue weighted by Gasteiger charge is -2.32. The van der Waals surface area contributed by atoms with Crippen molar-refractivity contribution in [2.24, 2.45) is 0 Å². The first-order chi connectivity index (χ1) is 11.2. The van der Waals surface area contributed by atoms with E-state index in [0.717, 1.165) is 53.2 Å². The molecule has 4 rings (SSSR count). The molecule has 0 spiro atoms. The molecule has 0 saturated carbocycles. The molecule has 1 aromatic carbocycles. The van der Waals surface area contributed by atoms with Crippen LogP contribution in [-0.2, 0) is 0 Å². The van der Waals surface area contributed by atoms with Gasteiger partial charge in [-0.2, -0.15) is 0 Å². The highest BCUT2D eigenvalue weighted by Crippen LogP contribution is 2.29. The van der Waals surface area contributed by atoms with Crippen LogP contribution in [0.5, 0.6) is 0 Å². The summed E-state index contributed by atoms with van der Waals surface area (Å²) in [6, 6.07) is 7.65. The predicted octanol–water partition coefficient (Wildman–Crippen LogP) is 4.22. The van der Waals surface area contributed by atoms with Crippen molar-refractivity contribution in [3.8, 4) is 0 Å². The van der Waals surface area contributed by atoms with E-state index in [9.17, 15) is 4.79 Å². The number of thiazole rings is 1. The number of benzene rings is 1. The van der Waals surface area contributed by atoms with E-state index < -0.39 is 0 Å². The van der Waals surface area contributed by atoms with Gasteiger partial charge in [-0.15, -0.1) is 11.3 Å². The lowest BCUT2D eigenvalue weighted by Crippen LogP contribution is -2.39. The maximum absolute atomic E-state index is 12.8. The molecule has 1 saturated heterocycles. The fourth-order valence-corrected chi connectivity index (χ4v) is 4.06. The van der Waals surface area contributed by atoms with E-state index in [-0.39, 0.29) is 5.91 Å². The van der Waals surface area contributed by atoms with Crippen molar-refractivity contribution in [3.05, 3.63) is 52.2 Å². The topological polar surface area (TPSA) is 46.3 Å². The second-order valence-electron chi connectivity index (χ2n) is 6.07. The van der Waals surface area contributed by atoms with Gasteiger partial charge in [0.05, 0.1) is 5.01 Å². The van der Waals surface area contributed by atoms with Gasteiger partial charge in [0.15, 0.2) is 0 Å². The summed E-state index contributed by atoms with van der Waals surface area (Å²) in [5.41, 5.74) is 1.57. The van der Waals surface area contributed by atoms with Crippen LogP contribution in [0.25, 0.3) is 11.0 Å². The molecule has 3 aromatic rings. The van der Waals surface area contributed by atoms with E-state index in [2.05, 4.69) is 4.98 Å². The van der Waals surface area contributed by atoms with E-state index in [0.29, 0.717) is 5.92 Å². The number of carbonyl (C=O) groups is 1. The highest BCUT2D eigenvalue weighted by Gasteiger charge is 2.27. The lowest BCUT2D eigenvalue weighted by atomic mass is 9.98. The molecule has 0 N–H and O–H groups in total. The molecular weight excluding hydrogens is 308 g/mol. The number of carbonyl (C=O) groups excluding carboxylic acids is 1. The van der Waals surface area contributed by atoms with Crippen LogP contribution in [0.3, 0.4) is 0 Å². The standard InChI is InChI=1S/C18H18N2O2S/c1-12-9-15-10-13(4-5-16(15)22-12)18(21)20-7-2-3-14(11-20)17-19-6-8-23-17/h4-6,8-10,14H,2-3,7,11H2,1H3. The number of fused-ring (bicyclic) bond motifs is 1. The van der Waals surface area contributed by atoms with E-state index in [4.69, 9.17) is 4.42 Å². The maximum Gasteiger partial charge on any atom is 0.253 e. The summed E-state index contributed by atoms with van der Waals surface area (Å²) in [5, 5.41) is 4.14. The Morgan fingerprint density at radius 2 is 2.30 bits per heavy atom. The summed E-state index contributed by atoms with van der Waals surface area (Å²) < 4.78 is 5.58. The molecule has 3 heterocycles. The van der Waals surface area contributed by atoms with E-state index >= 15 is 0 Å². The molecule has 1 unspecified atom stereocenters. The van der Waals surface area contributed by atoms with Gasteiger partial charge in [0.25, 0.3) is 5.91 Å². The fourth-order valence-electron chi connectivity index (χ4n) is 3.29. The molecule has 1 amide bonds. The van der Waals surface area contributed by atoms with Crippen molar-refractivity contribution in [2.45, 2.75) is 25.7 Å². The zero-order chi connectivity index (χ0) is 15.8. The van der Waals surface area contributed by atoms with Crippen LogP contribution in [0, 0.1) is 6.92 Å². The number of aromatic nitrogens is 1. The van der Waals surface area contributed by atoms with Gasteiger partial charge in [0, 0.05) is 41.5 Å². The number of aryl methyl sites for hydroxylation is 1. The lowest BCUT2D eigenvalue weighted by molar-refractivity contribution is 0.0707. The van der Waals surface area contributed by atoms with Crippen molar-refractivity contribution in [3.63, 3.8) is 0 Å². The van der Waals surface area contributed by atoms with E-state index in [1.165, 1.54) is 0 Å². The minimum atomic E-state index is 0.104. The van der Waals surface area contributed by atoms with Crippen molar-refractivity contribution in [1.29, 1.82) is 0 Å². The smallest absolute Gasteiger partial charge is 0.253 e. The van der Waals surface area contributed by atoms with Crippen LogP contribution in [0.2, 0.25) is 0 Å². The Morgan fingerprint density at radius 1 is 1.39 bits per heavy atom. The van der Waals surface area contributed by atoms with Gasteiger partial charge in [-0.3, -0.25) is 4.79 Å². The van der Waals surface area contributed by atoms with Gasteiger partial charge >= 0.3 is 0 Å². The summed E-state index contributed by atoms with van der Waals surface area (Å²) in [4.78, 5) is 19.2. The molecule has 0 bridgehead atoms.